The van der Waals surface area contributed by atoms with Crippen LogP contribution < -0.4 is 5.32 Å². The number of rotatable bonds is 5. The summed E-state index contributed by atoms with van der Waals surface area (Å²) in [5.74, 6) is 0.869. The van der Waals surface area contributed by atoms with E-state index < -0.39 is 0 Å². The van der Waals surface area contributed by atoms with Crippen LogP contribution in [0.2, 0.25) is 0 Å². The van der Waals surface area contributed by atoms with Crippen molar-refractivity contribution < 1.29 is 5.11 Å². The fourth-order valence-corrected chi connectivity index (χ4v) is 2.47. The van der Waals surface area contributed by atoms with Crippen molar-refractivity contribution in [1.29, 1.82) is 0 Å². The second-order valence-electron chi connectivity index (χ2n) is 3.82. The minimum Gasteiger partial charge on any atom is -0.391 e. The fraction of sp³-hybridized carbons (Fsp3) is 0.417. The Morgan fingerprint density at radius 3 is 3.19 bits per heavy atom. The lowest BCUT2D eigenvalue weighted by Gasteiger charge is -2.11. The van der Waals surface area contributed by atoms with Gasteiger partial charge in [0.1, 0.15) is 5.82 Å². The predicted molar refractivity (Wildman–Crippen MR) is 69.0 cm³/mol. The standard InChI is InChI=1S/C12H16N2OS/c1-2-3-9(15)8-14-12-10-5-7-16-11(10)4-6-13-12/h4-7,9,15H,2-3,8H2,1H3,(H,13,14). The number of pyridine rings is 1. The van der Waals surface area contributed by atoms with E-state index in [1.807, 2.05) is 6.07 Å². The van der Waals surface area contributed by atoms with Gasteiger partial charge in [0.05, 0.1) is 6.10 Å². The van der Waals surface area contributed by atoms with Crippen LogP contribution in [-0.2, 0) is 0 Å². The third-order valence-corrected chi connectivity index (χ3v) is 3.39. The van der Waals surface area contributed by atoms with E-state index in [2.05, 4.69) is 28.7 Å². The molecule has 0 radical (unpaired) electrons. The largest absolute Gasteiger partial charge is 0.391 e. The van der Waals surface area contributed by atoms with Crippen LogP contribution in [0.25, 0.3) is 10.1 Å². The summed E-state index contributed by atoms with van der Waals surface area (Å²) in [6, 6.07) is 4.06. The first-order valence-corrected chi connectivity index (χ1v) is 6.43. The average molecular weight is 236 g/mol. The van der Waals surface area contributed by atoms with E-state index in [-0.39, 0.29) is 6.10 Å². The molecule has 0 fully saturated rings. The van der Waals surface area contributed by atoms with Crippen LogP contribution in [0.5, 0.6) is 0 Å². The molecule has 0 aliphatic heterocycles. The average Bonchev–Trinajstić information content (AvgIpc) is 2.75. The molecule has 2 aromatic heterocycles. The van der Waals surface area contributed by atoms with E-state index in [9.17, 15) is 5.11 Å². The minimum atomic E-state index is -0.291. The number of aromatic nitrogens is 1. The molecule has 86 valence electrons. The zero-order valence-electron chi connectivity index (χ0n) is 9.31. The molecule has 1 unspecified atom stereocenters. The number of anilines is 1. The van der Waals surface area contributed by atoms with E-state index in [1.54, 1.807) is 17.5 Å². The van der Waals surface area contributed by atoms with Crippen molar-refractivity contribution in [2.24, 2.45) is 0 Å². The zero-order chi connectivity index (χ0) is 11.4. The van der Waals surface area contributed by atoms with Crippen LogP contribution >= 0.6 is 11.3 Å². The molecule has 16 heavy (non-hydrogen) atoms. The first-order chi connectivity index (χ1) is 7.81. The number of aliphatic hydroxyl groups excluding tert-OH is 1. The molecule has 0 bridgehead atoms. The van der Waals surface area contributed by atoms with Crippen LogP contribution in [0.15, 0.2) is 23.7 Å². The Balaban J connectivity index is 2.06. The van der Waals surface area contributed by atoms with E-state index in [0.717, 1.165) is 24.0 Å². The molecule has 0 saturated carbocycles. The number of aliphatic hydroxyl groups is 1. The molecule has 4 heteroatoms. The van der Waals surface area contributed by atoms with Gasteiger partial charge in [-0.1, -0.05) is 13.3 Å². The van der Waals surface area contributed by atoms with Crippen molar-refractivity contribution in [2.45, 2.75) is 25.9 Å². The van der Waals surface area contributed by atoms with Crippen LogP contribution in [-0.4, -0.2) is 22.7 Å². The third-order valence-electron chi connectivity index (χ3n) is 2.51. The molecular weight excluding hydrogens is 220 g/mol. The van der Waals surface area contributed by atoms with Crippen LogP contribution in [0.4, 0.5) is 5.82 Å². The van der Waals surface area contributed by atoms with E-state index in [1.165, 1.54) is 4.70 Å². The molecule has 2 rings (SSSR count). The molecule has 0 amide bonds. The minimum absolute atomic E-state index is 0.291. The summed E-state index contributed by atoms with van der Waals surface area (Å²) in [6.45, 7) is 2.64. The summed E-state index contributed by atoms with van der Waals surface area (Å²) in [6.07, 6.45) is 3.33. The van der Waals surface area contributed by atoms with Gasteiger partial charge in [-0.2, -0.15) is 0 Å². The second kappa shape index (κ2) is 5.27. The Morgan fingerprint density at radius 1 is 1.50 bits per heavy atom. The Hall–Kier alpha value is -1.13. The first-order valence-electron chi connectivity index (χ1n) is 5.55. The number of thiophene rings is 1. The number of nitrogens with zero attached hydrogens (tertiary/aromatic N) is 1. The van der Waals surface area contributed by atoms with Crippen molar-refractivity contribution >= 4 is 27.2 Å². The summed E-state index contributed by atoms with van der Waals surface area (Å²) in [7, 11) is 0. The SMILES string of the molecule is CCCC(O)CNc1nccc2sccc12. The Morgan fingerprint density at radius 2 is 2.38 bits per heavy atom. The molecule has 2 N–H and O–H groups in total. The van der Waals surface area contributed by atoms with Gasteiger partial charge in [-0.05, 0) is 23.9 Å². The predicted octanol–water partition coefficient (Wildman–Crippen LogP) is 2.87. The number of hydrogen-bond donors (Lipinski definition) is 2. The highest BCUT2D eigenvalue weighted by Gasteiger charge is 2.06. The number of nitrogens with one attached hydrogen (secondary N) is 1. The van der Waals surface area contributed by atoms with Crippen molar-refractivity contribution in [2.75, 3.05) is 11.9 Å². The molecule has 1 atom stereocenters. The lowest BCUT2D eigenvalue weighted by Crippen LogP contribution is -2.19. The summed E-state index contributed by atoms with van der Waals surface area (Å²) in [4.78, 5) is 4.30. The normalized spacial score (nSPS) is 12.9. The highest BCUT2D eigenvalue weighted by atomic mass is 32.1. The van der Waals surface area contributed by atoms with Crippen LogP contribution in [0.3, 0.4) is 0 Å². The van der Waals surface area contributed by atoms with Crippen LogP contribution in [0.1, 0.15) is 19.8 Å². The maximum absolute atomic E-state index is 9.65. The van der Waals surface area contributed by atoms with E-state index >= 15 is 0 Å². The highest BCUT2D eigenvalue weighted by molar-refractivity contribution is 7.17. The summed E-state index contributed by atoms with van der Waals surface area (Å²) in [5.41, 5.74) is 0. The van der Waals surface area contributed by atoms with Gasteiger partial charge in [0.25, 0.3) is 0 Å². The number of hydrogen-bond acceptors (Lipinski definition) is 4. The first kappa shape index (κ1) is 11.4. The van der Waals surface area contributed by atoms with Crippen molar-refractivity contribution in [3.05, 3.63) is 23.7 Å². The molecule has 0 saturated heterocycles. The molecule has 3 nitrogen and oxygen atoms in total. The molecule has 0 aliphatic rings. The molecule has 0 spiro atoms. The Kier molecular flexibility index (Phi) is 3.74. The van der Waals surface area contributed by atoms with Gasteiger partial charge < -0.3 is 10.4 Å². The van der Waals surface area contributed by atoms with Crippen molar-refractivity contribution in [3.63, 3.8) is 0 Å². The van der Waals surface area contributed by atoms with Gasteiger partial charge in [0.15, 0.2) is 0 Å². The van der Waals surface area contributed by atoms with Gasteiger partial charge in [-0.3, -0.25) is 0 Å². The third kappa shape index (κ3) is 2.51. The smallest absolute Gasteiger partial charge is 0.134 e. The lowest BCUT2D eigenvalue weighted by molar-refractivity contribution is 0.176. The van der Waals surface area contributed by atoms with E-state index in [0.29, 0.717) is 6.54 Å². The summed E-state index contributed by atoms with van der Waals surface area (Å²) in [5, 5.41) is 16.0. The second-order valence-corrected chi connectivity index (χ2v) is 4.76. The lowest BCUT2D eigenvalue weighted by atomic mass is 10.2. The van der Waals surface area contributed by atoms with Crippen molar-refractivity contribution in [3.8, 4) is 0 Å². The number of fused-ring (bicyclic) bond motifs is 1. The van der Waals surface area contributed by atoms with Gasteiger partial charge in [-0.25, -0.2) is 4.98 Å². The summed E-state index contributed by atoms with van der Waals surface area (Å²) < 4.78 is 1.22. The molecular formula is C12H16N2OS. The van der Waals surface area contributed by atoms with Gasteiger partial charge in [0, 0.05) is 22.8 Å². The van der Waals surface area contributed by atoms with Crippen molar-refractivity contribution in [1.82, 2.24) is 4.98 Å². The Labute approximate surface area is 99.1 Å². The molecule has 0 aromatic carbocycles. The van der Waals surface area contributed by atoms with Gasteiger partial charge in [-0.15, -0.1) is 11.3 Å². The fourth-order valence-electron chi connectivity index (χ4n) is 1.69. The highest BCUT2D eigenvalue weighted by Crippen LogP contribution is 2.25. The molecule has 0 aliphatic carbocycles. The van der Waals surface area contributed by atoms with Gasteiger partial charge in [0.2, 0.25) is 0 Å². The molecule has 2 aromatic rings. The maximum atomic E-state index is 9.65. The monoisotopic (exact) mass is 236 g/mol. The Bertz CT molecular complexity index is 455. The molecule has 2 heterocycles. The van der Waals surface area contributed by atoms with E-state index in [4.69, 9.17) is 0 Å². The topological polar surface area (TPSA) is 45.1 Å². The maximum Gasteiger partial charge on any atom is 0.134 e. The van der Waals surface area contributed by atoms with Gasteiger partial charge >= 0.3 is 0 Å². The summed E-state index contributed by atoms with van der Waals surface area (Å²) >= 11 is 1.70. The zero-order valence-corrected chi connectivity index (χ0v) is 10.1. The quantitative estimate of drug-likeness (QED) is 0.839. The van der Waals surface area contributed by atoms with Crippen LogP contribution in [0, 0.1) is 0 Å².